The van der Waals surface area contributed by atoms with Gasteiger partial charge in [0.15, 0.2) is 0 Å². The summed E-state index contributed by atoms with van der Waals surface area (Å²) in [4.78, 5) is 0. The number of hydrogen-bond acceptors (Lipinski definition) is 2. The molecule has 1 aliphatic heterocycles. The van der Waals surface area contributed by atoms with Gasteiger partial charge < -0.3 is 10.6 Å². The molecule has 1 aromatic rings. The molecular weight excluding hydrogens is 220 g/mol. The Kier molecular flexibility index (Phi) is 5.21. The normalized spacial score (nSPS) is 17.0. The van der Waals surface area contributed by atoms with E-state index in [1.807, 2.05) is 0 Å². The predicted molar refractivity (Wildman–Crippen MR) is 77.8 cm³/mol. The van der Waals surface area contributed by atoms with E-state index >= 15 is 0 Å². The van der Waals surface area contributed by atoms with Crippen molar-refractivity contribution in [3.63, 3.8) is 0 Å². The van der Waals surface area contributed by atoms with Crippen molar-refractivity contribution in [1.29, 1.82) is 0 Å². The number of aryl methyl sites for hydroxylation is 2. The average molecular weight is 246 g/mol. The second-order valence-corrected chi connectivity index (χ2v) is 5.59. The Morgan fingerprint density at radius 2 is 2.00 bits per heavy atom. The van der Waals surface area contributed by atoms with Gasteiger partial charge in [-0.25, -0.2) is 0 Å². The smallest absolute Gasteiger partial charge is 0.0208 e. The molecule has 0 saturated carbocycles. The molecule has 2 nitrogen and oxygen atoms in total. The van der Waals surface area contributed by atoms with Crippen molar-refractivity contribution in [1.82, 2.24) is 10.6 Å². The predicted octanol–water partition coefficient (Wildman–Crippen LogP) is 2.78. The number of benzene rings is 1. The van der Waals surface area contributed by atoms with Gasteiger partial charge in [0.2, 0.25) is 0 Å². The lowest BCUT2D eigenvalue weighted by atomic mass is 9.95. The maximum absolute atomic E-state index is 3.59. The molecule has 2 N–H and O–H groups in total. The molecule has 0 spiro atoms. The molecule has 0 bridgehead atoms. The van der Waals surface area contributed by atoms with Crippen LogP contribution in [0.2, 0.25) is 0 Å². The van der Waals surface area contributed by atoms with Gasteiger partial charge in [-0.3, -0.25) is 0 Å². The molecule has 1 aromatic carbocycles. The van der Waals surface area contributed by atoms with Crippen LogP contribution in [-0.4, -0.2) is 19.6 Å². The highest BCUT2D eigenvalue weighted by Crippen LogP contribution is 2.15. The van der Waals surface area contributed by atoms with E-state index in [4.69, 9.17) is 0 Å². The molecule has 100 valence electrons. The molecule has 0 radical (unpaired) electrons. The van der Waals surface area contributed by atoms with E-state index < -0.39 is 0 Å². The van der Waals surface area contributed by atoms with Crippen LogP contribution in [0.4, 0.5) is 0 Å². The number of piperidine rings is 1. The molecule has 18 heavy (non-hydrogen) atoms. The summed E-state index contributed by atoms with van der Waals surface area (Å²) in [5.74, 6) is 0.929. The van der Waals surface area contributed by atoms with Crippen LogP contribution in [-0.2, 0) is 6.54 Å². The largest absolute Gasteiger partial charge is 0.317 e. The second-order valence-electron chi connectivity index (χ2n) is 5.59. The zero-order chi connectivity index (χ0) is 12.8. The lowest BCUT2D eigenvalue weighted by Crippen LogP contribution is -2.29. The Hall–Kier alpha value is -0.860. The summed E-state index contributed by atoms with van der Waals surface area (Å²) in [6.07, 6.45) is 4.03. The third-order valence-electron chi connectivity index (χ3n) is 4.00. The lowest BCUT2D eigenvalue weighted by molar-refractivity contribution is 0.348. The molecule has 0 aliphatic carbocycles. The summed E-state index contributed by atoms with van der Waals surface area (Å²) in [6.45, 7) is 8.94. The molecule has 0 amide bonds. The maximum Gasteiger partial charge on any atom is 0.0208 e. The van der Waals surface area contributed by atoms with Gasteiger partial charge in [-0.15, -0.1) is 0 Å². The van der Waals surface area contributed by atoms with Crippen LogP contribution >= 0.6 is 0 Å². The molecule has 2 heteroatoms. The van der Waals surface area contributed by atoms with Crippen molar-refractivity contribution in [2.24, 2.45) is 5.92 Å². The molecule has 0 unspecified atom stereocenters. The summed E-state index contributed by atoms with van der Waals surface area (Å²) in [7, 11) is 0. The fourth-order valence-electron chi connectivity index (χ4n) is 2.74. The minimum atomic E-state index is 0.929. The number of rotatable bonds is 5. The maximum atomic E-state index is 3.59. The topological polar surface area (TPSA) is 24.1 Å². The van der Waals surface area contributed by atoms with Crippen molar-refractivity contribution in [2.75, 3.05) is 19.6 Å². The van der Waals surface area contributed by atoms with E-state index in [0.717, 1.165) is 19.0 Å². The van der Waals surface area contributed by atoms with Gasteiger partial charge in [-0.2, -0.15) is 0 Å². The molecular formula is C16H26N2. The van der Waals surface area contributed by atoms with Crippen molar-refractivity contribution >= 4 is 0 Å². The Balaban J connectivity index is 1.68. The first-order valence-electron chi connectivity index (χ1n) is 7.23. The minimum absolute atomic E-state index is 0.929. The highest BCUT2D eigenvalue weighted by Gasteiger charge is 2.11. The second kappa shape index (κ2) is 6.91. The Labute approximate surface area is 111 Å². The summed E-state index contributed by atoms with van der Waals surface area (Å²) in [6, 6.07) is 6.73. The Morgan fingerprint density at radius 1 is 1.22 bits per heavy atom. The first-order chi connectivity index (χ1) is 8.75. The van der Waals surface area contributed by atoms with Crippen LogP contribution < -0.4 is 10.6 Å². The summed E-state index contributed by atoms with van der Waals surface area (Å²) in [5, 5.41) is 7.01. The van der Waals surface area contributed by atoms with Gasteiger partial charge in [-0.1, -0.05) is 23.8 Å². The zero-order valence-corrected chi connectivity index (χ0v) is 11.8. The van der Waals surface area contributed by atoms with E-state index in [0.29, 0.717) is 0 Å². The third-order valence-corrected chi connectivity index (χ3v) is 4.00. The highest BCUT2D eigenvalue weighted by atomic mass is 14.9. The summed E-state index contributed by atoms with van der Waals surface area (Å²) in [5.41, 5.74) is 4.20. The highest BCUT2D eigenvalue weighted by molar-refractivity contribution is 5.30. The van der Waals surface area contributed by atoms with E-state index in [2.05, 4.69) is 42.7 Å². The molecule has 1 saturated heterocycles. The Bertz CT molecular complexity index is 367. The van der Waals surface area contributed by atoms with Crippen LogP contribution in [0.25, 0.3) is 0 Å². The summed E-state index contributed by atoms with van der Waals surface area (Å²) < 4.78 is 0. The fraction of sp³-hybridized carbons (Fsp3) is 0.625. The van der Waals surface area contributed by atoms with Crippen LogP contribution in [0.1, 0.15) is 36.0 Å². The van der Waals surface area contributed by atoms with E-state index in [-0.39, 0.29) is 0 Å². The van der Waals surface area contributed by atoms with E-state index in [1.54, 1.807) is 0 Å². The van der Waals surface area contributed by atoms with Gasteiger partial charge in [-0.05, 0) is 69.8 Å². The van der Waals surface area contributed by atoms with Gasteiger partial charge in [0.05, 0.1) is 0 Å². The molecule has 1 aliphatic rings. The summed E-state index contributed by atoms with van der Waals surface area (Å²) >= 11 is 0. The minimum Gasteiger partial charge on any atom is -0.317 e. The number of hydrogen-bond donors (Lipinski definition) is 2. The molecule has 1 heterocycles. The van der Waals surface area contributed by atoms with Gasteiger partial charge in [0.1, 0.15) is 0 Å². The fourth-order valence-corrected chi connectivity index (χ4v) is 2.74. The van der Waals surface area contributed by atoms with Crippen molar-refractivity contribution < 1.29 is 0 Å². The van der Waals surface area contributed by atoms with Crippen LogP contribution in [0.5, 0.6) is 0 Å². The van der Waals surface area contributed by atoms with Crippen molar-refractivity contribution in [3.8, 4) is 0 Å². The first kappa shape index (κ1) is 13.6. The molecule has 2 rings (SSSR count). The van der Waals surface area contributed by atoms with Crippen molar-refractivity contribution in [2.45, 2.75) is 39.7 Å². The van der Waals surface area contributed by atoms with Crippen LogP contribution in [0, 0.1) is 19.8 Å². The van der Waals surface area contributed by atoms with E-state index in [1.165, 1.54) is 49.0 Å². The van der Waals surface area contributed by atoms with E-state index in [9.17, 15) is 0 Å². The average Bonchev–Trinajstić information content (AvgIpc) is 2.38. The van der Waals surface area contributed by atoms with Crippen molar-refractivity contribution in [3.05, 3.63) is 34.9 Å². The van der Waals surface area contributed by atoms with Crippen LogP contribution in [0.15, 0.2) is 18.2 Å². The number of nitrogens with one attached hydrogen (secondary N) is 2. The first-order valence-corrected chi connectivity index (χ1v) is 7.23. The van der Waals surface area contributed by atoms with Crippen LogP contribution in [0.3, 0.4) is 0 Å². The van der Waals surface area contributed by atoms with Gasteiger partial charge in [0, 0.05) is 6.54 Å². The van der Waals surface area contributed by atoms with Gasteiger partial charge >= 0.3 is 0 Å². The lowest BCUT2D eigenvalue weighted by Gasteiger charge is -2.22. The molecule has 0 aromatic heterocycles. The quantitative estimate of drug-likeness (QED) is 0.781. The SMILES string of the molecule is Cc1ccc(CNCCC2CCNCC2)c(C)c1. The standard InChI is InChI=1S/C16H26N2/c1-13-3-4-16(14(2)11-13)12-18-10-7-15-5-8-17-9-6-15/h3-4,11,15,17-18H,5-10,12H2,1-2H3. The molecule has 0 atom stereocenters. The van der Waals surface area contributed by atoms with Gasteiger partial charge in [0.25, 0.3) is 0 Å². The third kappa shape index (κ3) is 4.11. The Morgan fingerprint density at radius 3 is 2.72 bits per heavy atom. The molecule has 1 fully saturated rings. The monoisotopic (exact) mass is 246 g/mol. The zero-order valence-electron chi connectivity index (χ0n) is 11.8.